The number of carbonyl (C=O) groups excluding carboxylic acids is 2. The van der Waals surface area contributed by atoms with E-state index in [2.05, 4.69) is 0 Å². The number of likely N-dealkylation sites (N-methyl/N-ethyl adjacent to an activating group) is 1. The fourth-order valence-electron chi connectivity index (χ4n) is 1.66. The average Bonchev–Trinajstić information content (AvgIpc) is 2.40. The van der Waals surface area contributed by atoms with Crippen molar-refractivity contribution in [2.45, 2.75) is 20.3 Å². The summed E-state index contributed by atoms with van der Waals surface area (Å²) in [6.45, 7) is 4.74. The number of hydrogen-bond donors (Lipinski definition) is 1. The summed E-state index contributed by atoms with van der Waals surface area (Å²) in [7, 11) is 1.75. The summed E-state index contributed by atoms with van der Waals surface area (Å²) in [5.41, 5.74) is 4.68. The Kier molecular flexibility index (Phi) is 4.08. The number of thiocarbonyl (C=S) groups is 1. The van der Waals surface area contributed by atoms with E-state index in [1.54, 1.807) is 30.7 Å². The number of amides is 2. The average molecular weight is 257 g/mol. The quantitative estimate of drug-likeness (QED) is 0.707. The second-order valence-electron chi connectivity index (χ2n) is 4.88. The summed E-state index contributed by atoms with van der Waals surface area (Å²) in [6, 6.07) is 0. The van der Waals surface area contributed by atoms with E-state index < -0.39 is 5.41 Å². The van der Waals surface area contributed by atoms with Crippen LogP contribution in [0.5, 0.6) is 0 Å². The molecule has 1 aliphatic rings. The van der Waals surface area contributed by atoms with Crippen LogP contribution in [0.4, 0.5) is 0 Å². The topological polar surface area (TPSA) is 66.6 Å². The Labute approximate surface area is 107 Å². The van der Waals surface area contributed by atoms with Gasteiger partial charge in [-0.1, -0.05) is 12.2 Å². The van der Waals surface area contributed by atoms with Gasteiger partial charge in [0, 0.05) is 20.1 Å². The zero-order valence-corrected chi connectivity index (χ0v) is 11.3. The minimum atomic E-state index is -0.890. The summed E-state index contributed by atoms with van der Waals surface area (Å²) in [5, 5.41) is 0. The molecule has 1 heterocycles. The molecule has 0 saturated carbocycles. The molecule has 0 atom stereocenters. The molecule has 2 amide bonds. The zero-order chi connectivity index (χ0) is 13.2. The van der Waals surface area contributed by atoms with Crippen molar-refractivity contribution in [3.63, 3.8) is 0 Å². The van der Waals surface area contributed by atoms with Gasteiger partial charge in [-0.3, -0.25) is 9.59 Å². The van der Waals surface area contributed by atoms with Gasteiger partial charge in [-0.05, 0) is 20.3 Å². The first-order chi connectivity index (χ1) is 7.76. The first kappa shape index (κ1) is 13.9. The minimum absolute atomic E-state index is 0.0467. The highest BCUT2D eigenvalue weighted by Gasteiger charge is 2.36. The van der Waals surface area contributed by atoms with E-state index in [9.17, 15) is 9.59 Å². The lowest BCUT2D eigenvalue weighted by molar-refractivity contribution is -0.141. The van der Waals surface area contributed by atoms with Crippen molar-refractivity contribution in [3.8, 4) is 0 Å². The molecule has 17 heavy (non-hydrogen) atoms. The molecule has 6 heteroatoms. The van der Waals surface area contributed by atoms with Crippen molar-refractivity contribution in [3.05, 3.63) is 0 Å². The summed E-state index contributed by atoms with van der Waals surface area (Å²) in [5.74, 6) is -0.219. The maximum atomic E-state index is 12.3. The predicted octanol–water partition coefficient (Wildman–Crippen LogP) is -0.0106. The molecule has 0 aliphatic carbocycles. The highest BCUT2D eigenvalue weighted by atomic mass is 32.1. The van der Waals surface area contributed by atoms with Gasteiger partial charge in [-0.15, -0.1) is 0 Å². The predicted molar refractivity (Wildman–Crippen MR) is 69.4 cm³/mol. The third kappa shape index (κ3) is 2.94. The van der Waals surface area contributed by atoms with Gasteiger partial charge in [-0.25, -0.2) is 0 Å². The summed E-state index contributed by atoms with van der Waals surface area (Å²) < 4.78 is 0. The van der Waals surface area contributed by atoms with E-state index in [1.807, 2.05) is 0 Å². The Morgan fingerprint density at radius 2 is 2.00 bits per heavy atom. The Hall–Kier alpha value is -1.17. The van der Waals surface area contributed by atoms with Gasteiger partial charge >= 0.3 is 0 Å². The number of carbonyl (C=O) groups is 2. The smallest absolute Gasteiger partial charge is 0.241 e. The maximum absolute atomic E-state index is 12.3. The fourth-order valence-corrected chi connectivity index (χ4v) is 1.75. The van der Waals surface area contributed by atoms with Crippen molar-refractivity contribution in [1.82, 2.24) is 9.80 Å². The van der Waals surface area contributed by atoms with Gasteiger partial charge in [0.1, 0.15) is 0 Å². The lowest BCUT2D eigenvalue weighted by atomic mass is 9.91. The number of nitrogens with zero attached hydrogens (tertiary/aromatic N) is 2. The van der Waals surface area contributed by atoms with Gasteiger partial charge in [0.2, 0.25) is 11.8 Å². The molecular weight excluding hydrogens is 238 g/mol. The van der Waals surface area contributed by atoms with Crippen molar-refractivity contribution in [2.24, 2.45) is 11.1 Å². The van der Waals surface area contributed by atoms with E-state index in [0.29, 0.717) is 13.1 Å². The van der Waals surface area contributed by atoms with Crippen molar-refractivity contribution < 1.29 is 9.59 Å². The molecule has 0 aromatic carbocycles. The Bertz CT molecular complexity index is 355. The third-order valence-corrected chi connectivity index (χ3v) is 3.62. The Morgan fingerprint density at radius 1 is 1.41 bits per heavy atom. The zero-order valence-electron chi connectivity index (χ0n) is 10.5. The normalized spacial score (nSPS) is 17.9. The van der Waals surface area contributed by atoms with E-state index in [1.165, 1.54) is 0 Å². The summed E-state index contributed by atoms with van der Waals surface area (Å²) >= 11 is 4.90. The van der Waals surface area contributed by atoms with Crippen molar-refractivity contribution in [2.75, 3.05) is 26.7 Å². The molecule has 0 bridgehead atoms. The second-order valence-corrected chi connectivity index (χ2v) is 5.32. The van der Waals surface area contributed by atoms with Crippen LogP contribution in [0.2, 0.25) is 0 Å². The lowest BCUT2D eigenvalue weighted by Gasteiger charge is -2.29. The van der Waals surface area contributed by atoms with Gasteiger partial charge in [0.15, 0.2) is 0 Å². The van der Waals surface area contributed by atoms with Crippen LogP contribution >= 0.6 is 12.2 Å². The molecule has 0 spiro atoms. The van der Waals surface area contributed by atoms with Crippen LogP contribution in [0.1, 0.15) is 20.3 Å². The van der Waals surface area contributed by atoms with Crippen LogP contribution in [0.3, 0.4) is 0 Å². The first-order valence-corrected chi connectivity index (χ1v) is 6.01. The molecule has 1 fully saturated rings. The molecule has 0 unspecified atom stereocenters. The maximum Gasteiger partial charge on any atom is 0.241 e. The molecule has 2 N–H and O–H groups in total. The fraction of sp³-hybridized carbons (Fsp3) is 0.727. The molecule has 96 valence electrons. The minimum Gasteiger partial charge on any atom is -0.392 e. The molecular formula is C11H19N3O2S. The number of rotatable bonds is 2. The highest BCUT2D eigenvalue weighted by molar-refractivity contribution is 7.80. The summed E-state index contributed by atoms with van der Waals surface area (Å²) in [6.07, 6.45) is 0.779. The first-order valence-electron chi connectivity index (χ1n) is 5.60. The van der Waals surface area contributed by atoms with Crippen molar-refractivity contribution in [1.29, 1.82) is 0 Å². The van der Waals surface area contributed by atoms with Crippen LogP contribution in [0.15, 0.2) is 0 Å². The van der Waals surface area contributed by atoms with Gasteiger partial charge < -0.3 is 15.5 Å². The van der Waals surface area contributed by atoms with Gasteiger partial charge in [-0.2, -0.15) is 0 Å². The van der Waals surface area contributed by atoms with Gasteiger partial charge in [0.05, 0.1) is 16.9 Å². The van der Waals surface area contributed by atoms with Crippen LogP contribution in [0, 0.1) is 5.41 Å². The largest absolute Gasteiger partial charge is 0.392 e. The van der Waals surface area contributed by atoms with E-state index in [0.717, 1.165) is 6.42 Å². The molecule has 1 rings (SSSR count). The van der Waals surface area contributed by atoms with Gasteiger partial charge in [0.25, 0.3) is 0 Å². The highest BCUT2D eigenvalue weighted by Crippen LogP contribution is 2.20. The molecule has 1 saturated heterocycles. The van der Waals surface area contributed by atoms with E-state index >= 15 is 0 Å². The second kappa shape index (κ2) is 5.00. The molecule has 0 aromatic heterocycles. The number of hydrogen-bond acceptors (Lipinski definition) is 3. The molecule has 5 nitrogen and oxygen atoms in total. The number of nitrogens with two attached hydrogens (primary N) is 1. The van der Waals surface area contributed by atoms with Crippen LogP contribution in [-0.4, -0.2) is 53.3 Å². The SMILES string of the molecule is CN1CCCN(C(=O)C(C)(C)C(N)=S)CC1=O. The molecule has 0 aromatic rings. The van der Waals surface area contributed by atoms with Crippen LogP contribution in [-0.2, 0) is 9.59 Å². The lowest BCUT2D eigenvalue weighted by Crippen LogP contribution is -2.49. The third-order valence-electron chi connectivity index (χ3n) is 3.11. The van der Waals surface area contributed by atoms with Crippen LogP contribution < -0.4 is 5.73 Å². The van der Waals surface area contributed by atoms with Crippen LogP contribution in [0.25, 0.3) is 0 Å². The monoisotopic (exact) mass is 257 g/mol. The standard InChI is InChI=1S/C11H19N3O2S/c1-11(2,9(12)17)10(16)14-6-4-5-13(3)8(15)7-14/h4-7H2,1-3H3,(H2,12,17). The summed E-state index contributed by atoms with van der Waals surface area (Å²) in [4.78, 5) is 27.3. The van der Waals surface area contributed by atoms with Crippen molar-refractivity contribution >= 4 is 29.0 Å². The van der Waals surface area contributed by atoms with E-state index in [4.69, 9.17) is 18.0 Å². The molecule has 1 aliphatic heterocycles. The molecule has 0 radical (unpaired) electrons. The van der Waals surface area contributed by atoms with E-state index in [-0.39, 0.29) is 23.3 Å². The Morgan fingerprint density at radius 3 is 2.53 bits per heavy atom. The Balaban J connectivity index is 2.83.